The predicted molar refractivity (Wildman–Crippen MR) is 176 cm³/mol. The maximum atomic E-state index is 14.1. The van der Waals surface area contributed by atoms with Gasteiger partial charge in [-0.25, -0.2) is 9.79 Å². The monoisotopic (exact) mass is 636 g/mol. The Morgan fingerprint density at radius 2 is 1.71 bits per heavy atom. The van der Waals surface area contributed by atoms with Gasteiger partial charge >= 0.3 is 5.97 Å². The molecule has 45 heavy (non-hydrogen) atoms. The summed E-state index contributed by atoms with van der Waals surface area (Å²) in [7, 11) is 1.58. The van der Waals surface area contributed by atoms with Gasteiger partial charge < -0.3 is 14.2 Å². The van der Waals surface area contributed by atoms with Crippen molar-refractivity contribution in [3.63, 3.8) is 0 Å². The molecule has 6 rings (SSSR count). The summed E-state index contributed by atoms with van der Waals surface area (Å²) in [5, 5.41) is 0.677. The Kier molecular flexibility index (Phi) is 8.96. The van der Waals surface area contributed by atoms with E-state index >= 15 is 0 Å². The van der Waals surface area contributed by atoms with Crippen LogP contribution in [0.1, 0.15) is 35.2 Å². The van der Waals surface area contributed by atoms with E-state index in [2.05, 4.69) is 0 Å². The zero-order valence-corrected chi connectivity index (χ0v) is 26.2. The van der Waals surface area contributed by atoms with E-state index in [1.807, 2.05) is 109 Å². The Morgan fingerprint density at radius 1 is 0.956 bits per heavy atom. The van der Waals surface area contributed by atoms with Crippen LogP contribution in [-0.4, -0.2) is 24.3 Å². The molecule has 7 nitrogen and oxygen atoms in total. The van der Waals surface area contributed by atoms with Crippen LogP contribution in [0.25, 0.3) is 11.8 Å². The quantitative estimate of drug-likeness (QED) is 0.181. The van der Waals surface area contributed by atoms with Crippen LogP contribution < -0.4 is 24.4 Å². The van der Waals surface area contributed by atoms with Gasteiger partial charge in [0.25, 0.3) is 5.56 Å². The number of ether oxygens (including phenoxy) is 3. The highest BCUT2D eigenvalue weighted by molar-refractivity contribution is 7.07. The van der Waals surface area contributed by atoms with Crippen molar-refractivity contribution in [1.29, 1.82) is 0 Å². The second-order valence-electron chi connectivity index (χ2n) is 10.2. The van der Waals surface area contributed by atoms with Gasteiger partial charge in [-0.3, -0.25) is 9.36 Å². The van der Waals surface area contributed by atoms with Gasteiger partial charge in [0, 0.05) is 10.6 Å². The zero-order valence-electron chi connectivity index (χ0n) is 24.6. The van der Waals surface area contributed by atoms with E-state index in [0.717, 1.165) is 16.7 Å². The minimum absolute atomic E-state index is 0.180. The van der Waals surface area contributed by atoms with E-state index in [1.165, 1.54) is 11.3 Å². The predicted octanol–water partition coefficient (Wildman–Crippen LogP) is 6.18. The Labute approximate surface area is 268 Å². The first kappa shape index (κ1) is 30.1. The van der Waals surface area contributed by atoms with Gasteiger partial charge in [-0.05, 0) is 66.1 Å². The van der Waals surface area contributed by atoms with Crippen LogP contribution in [0, 0.1) is 0 Å². The highest BCUT2D eigenvalue weighted by Gasteiger charge is 2.35. The second-order valence-corrected chi connectivity index (χ2v) is 11.6. The third-order valence-corrected chi connectivity index (χ3v) is 8.51. The molecule has 0 saturated carbocycles. The number of aromatic nitrogens is 1. The van der Waals surface area contributed by atoms with Crippen molar-refractivity contribution in [1.82, 2.24) is 4.57 Å². The molecule has 0 amide bonds. The summed E-state index contributed by atoms with van der Waals surface area (Å²) in [5.74, 6) is 0.777. The molecule has 0 N–H and O–H groups in total. The van der Waals surface area contributed by atoms with Crippen LogP contribution in [0.2, 0.25) is 5.02 Å². The number of esters is 1. The van der Waals surface area contributed by atoms with E-state index in [9.17, 15) is 9.59 Å². The Hall–Kier alpha value is -4.92. The molecule has 1 aromatic heterocycles. The van der Waals surface area contributed by atoms with Crippen molar-refractivity contribution in [2.45, 2.75) is 19.6 Å². The summed E-state index contributed by atoms with van der Waals surface area (Å²) >= 11 is 7.25. The van der Waals surface area contributed by atoms with Gasteiger partial charge in [-0.15, -0.1) is 0 Å². The summed E-state index contributed by atoms with van der Waals surface area (Å²) < 4.78 is 19.0. The van der Waals surface area contributed by atoms with E-state index in [4.69, 9.17) is 30.8 Å². The summed E-state index contributed by atoms with van der Waals surface area (Å²) in [4.78, 5) is 33.1. The largest absolute Gasteiger partial charge is 0.497 e. The first-order valence-electron chi connectivity index (χ1n) is 14.3. The van der Waals surface area contributed by atoms with Gasteiger partial charge in [0.1, 0.15) is 18.1 Å². The summed E-state index contributed by atoms with van der Waals surface area (Å²) in [6, 6.07) is 31.1. The number of carbonyl (C=O) groups is 1. The van der Waals surface area contributed by atoms with Crippen LogP contribution in [0.5, 0.6) is 11.5 Å². The van der Waals surface area contributed by atoms with E-state index in [-0.39, 0.29) is 17.7 Å². The fourth-order valence-electron chi connectivity index (χ4n) is 5.13. The van der Waals surface area contributed by atoms with Crippen molar-refractivity contribution in [2.24, 2.45) is 4.99 Å². The molecule has 1 atom stereocenters. The lowest BCUT2D eigenvalue weighted by atomic mass is 9.93. The number of fused-ring (bicyclic) bond motifs is 1. The topological polar surface area (TPSA) is 79.1 Å². The van der Waals surface area contributed by atoms with Crippen molar-refractivity contribution >= 4 is 40.7 Å². The molecule has 0 unspecified atom stereocenters. The lowest BCUT2D eigenvalue weighted by molar-refractivity contribution is -0.138. The zero-order chi connectivity index (χ0) is 31.3. The average Bonchev–Trinajstić information content (AvgIpc) is 3.38. The van der Waals surface area contributed by atoms with E-state index in [0.29, 0.717) is 43.7 Å². The summed E-state index contributed by atoms with van der Waals surface area (Å²) in [5.41, 5.74) is 3.78. The minimum atomic E-state index is -0.781. The number of carbonyl (C=O) groups excluding carboxylic acids is 1. The molecule has 2 heterocycles. The number of halogens is 1. The molecular formula is C36H29ClN2O5S. The summed E-state index contributed by atoms with van der Waals surface area (Å²) in [6.45, 7) is 2.34. The lowest BCUT2D eigenvalue weighted by Crippen LogP contribution is -2.40. The van der Waals surface area contributed by atoms with Crippen molar-refractivity contribution in [3.05, 3.63) is 156 Å². The molecule has 9 heteroatoms. The van der Waals surface area contributed by atoms with Gasteiger partial charge in [-0.2, -0.15) is 0 Å². The van der Waals surface area contributed by atoms with E-state index < -0.39 is 12.0 Å². The Bertz CT molecular complexity index is 2050. The molecule has 1 aliphatic rings. The van der Waals surface area contributed by atoms with Crippen LogP contribution >= 0.6 is 22.9 Å². The van der Waals surface area contributed by atoms with Gasteiger partial charge in [-0.1, -0.05) is 89.7 Å². The molecular weight excluding hydrogens is 608 g/mol. The van der Waals surface area contributed by atoms with E-state index in [1.54, 1.807) is 18.6 Å². The maximum Gasteiger partial charge on any atom is 0.338 e. The first-order chi connectivity index (χ1) is 21.9. The van der Waals surface area contributed by atoms with Crippen LogP contribution in [0.15, 0.2) is 118 Å². The van der Waals surface area contributed by atoms with Crippen LogP contribution in [-0.2, 0) is 16.1 Å². The third-order valence-electron chi connectivity index (χ3n) is 7.28. The second kappa shape index (κ2) is 13.4. The fraction of sp³-hybridized carbons (Fsp3) is 0.139. The van der Waals surface area contributed by atoms with Gasteiger partial charge in [0.05, 0.1) is 35.6 Å². The maximum absolute atomic E-state index is 14.1. The highest BCUT2D eigenvalue weighted by atomic mass is 35.5. The first-order valence-corrected chi connectivity index (χ1v) is 15.5. The van der Waals surface area contributed by atoms with Crippen molar-refractivity contribution < 1.29 is 19.0 Å². The SMILES string of the molecule is CCOC(=O)C1=C(c2ccccc2)N=c2s/c(=C\c3ccc(OCc4ccc(Cl)cc4)cc3)c(=O)n2[C@@H]1c1cccc(OC)c1. The standard InChI is InChI=1S/C36H29ClN2O5S/c1-3-43-35(41)31-32(25-8-5-4-6-9-25)38-36-39(33(31)26-10-7-11-29(21-26)42-2)34(40)30(45-36)20-23-14-18-28(19-15-23)44-22-24-12-16-27(37)17-13-24/h4-21,33H,3,22H2,1-2H3/b30-20-/t33-/m1/s1. The molecule has 0 fully saturated rings. The molecule has 0 saturated heterocycles. The molecule has 0 spiro atoms. The Balaban J connectivity index is 1.44. The number of hydrogen-bond donors (Lipinski definition) is 0. The molecule has 0 radical (unpaired) electrons. The lowest BCUT2D eigenvalue weighted by Gasteiger charge is -2.26. The number of rotatable bonds is 9. The molecule has 0 aliphatic carbocycles. The van der Waals surface area contributed by atoms with Gasteiger partial charge in [0.15, 0.2) is 4.80 Å². The smallest absolute Gasteiger partial charge is 0.338 e. The number of benzene rings is 4. The molecule has 226 valence electrons. The molecule has 0 bridgehead atoms. The molecule has 5 aromatic rings. The fourth-order valence-corrected chi connectivity index (χ4v) is 6.25. The third kappa shape index (κ3) is 6.48. The number of thiazole rings is 1. The highest BCUT2D eigenvalue weighted by Crippen LogP contribution is 2.36. The number of nitrogens with zero attached hydrogens (tertiary/aromatic N) is 2. The Morgan fingerprint density at radius 3 is 2.42 bits per heavy atom. The minimum Gasteiger partial charge on any atom is -0.497 e. The number of methoxy groups -OCH3 is 1. The van der Waals surface area contributed by atoms with Crippen molar-refractivity contribution in [2.75, 3.05) is 13.7 Å². The average molecular weight is 637 g/mol. The normalized spacial score (nSPS) is 14.5. The van der Waals surface area contributed by atoms with Crippen LogP contribution in [0.3, 0.4) is 0 Å². The molecule has 1 aliphatic heterocycles. The number of hydrogen-bond acceptors (Lipinski definition) is 7. The van der Waals surface area contributed by atoms with Gasteiger partial charge in [0.2, 0.25) is 0 Å². The van der Waals surface area contributed by atoms with Crippen LogP contribution in [0.4, 0.5) is 0 Å². The van der Waals surface area contributed by atoms with Crippen molar-refractivity contribution in [3.8, 4) is 11.5 Å². The molecule has 4 aromatic carbocycles. The summed E-state index contributed by atoms with van der Waals surface area (Å²) in [6.07, 6.45) is 1.83.